The lowest BCUT2D eigenvalue weighted by molar-refractivity contribution is 0.639. The van der Waals surface area contributed by atoms with Crippen molar-refractivity contribution in [3.63, 3.8) is 0 Å². The van der Waals surface area contributed by atoms with Crippen LogP contribution >= 0.6 is 11.6 Å². The Bertz CT molecular complexity index is 1180. The van der Waals surface area contributed by atoms with Crippen LogP contribution in [0.4, 0.5) is 5.69 Å². The first-order valence-electron chi connectivity index (χ1n) is 9.57. The maximum absolute atomic E-state index is 12.5. The summed E-state index contributed by atoms with van der Waals surface area (Å²) in [5, 5.41) is 7.64. The zero-order valence-electron chi connectivity index (χ0n) is 16.2. The highest BCUT2D eigenvalue weighted by Gasteiger charge is 2.10. The summed E-state index contributed by atoms with van der Waals surface area (Å²) in [5.74, 6) is 1.04. The molecule has 148 valence electrons. The fourth-order valence-corrected chi connectivity index (χ4v) is 3.56. The number of aromatic nitrogens is 4. The van der Waals surface area contributed by atoms with Gasteiger partial charge in [0.15, 0.2) is 0 Å². The van der Waals surface area contributed by atoms with E-state index in [0.717, 1.165) is 35.3 Å². The second-order valence-corrected chi connectivity index (χ2v) is 7.30. The summed E-state index contributed by atoms with van der Waals surface area (Å²) in [6, 6.07) is 17.8. The van der Waals surface area contributed by atoms with E-state index in [4.69, 9.17) is 11.6 Å². The standard InChI is InChI=1S/C22H22ClN5O/c1-27-19-11-6-5-10-17(19)26-20(27)12-7-13-24-18-14-25-28(22(29)21(18)23)15-16-8-3-2-4-9-16/h2-6,8-11,14,24H,7,12-13,15H2,1H3. The van der Waals surface area contributed by atoms with Crippen molar-refractivity contribution in [1.82, 2.24) is 19.3 Å². The molecule has 2 aromatic carbocycles. The Morgan fingerprint density at radius 1 is 1.07 bits per heavy atom. The molecular formula is C22H22ClN5O. The Labute approximate surface area is 173 Å². The Morgan fingerprint density at radius 2 is 1.83 bits per heavy atom. The van der Waals surface area contributed by atoms with E-state index >= 15 is 0 Å². The minimum atomic E-state index is -0.295. The van der Waals surface area contributed by atoms with Gasteiger partial charge < -0.3 is 9.88 Å². The highest BCUT2D eigenvalue weighted by molar-refractivity contribution is 6.32. The molecule has 4 aromatic rings. The van der Waals surface area contributed by atoms with Gasteiger partial charge in [-0.2, -0.15) is 5.10 Å². The lowest BCUT2D eigenvalue weighted by Crippen LogP contribution is -2.25. The molecule has 0 unspecified atom stereocenters. The number of imidazole rings is 1. The van der Waals surface area contributed by atoms with Crippen LogP contribution in [0.25, 0.3) is 11.0 Å². The minimum absolute atomic E-state index is 0.165. The molecule has 2 heterocycles. The van der Waals surface area contributed by atoms with E-state index in [-0.39, 0.29) is 10.6 Å². The van der Waals surface area contributed by atoms with Crippen LogP contribution in [-0.4, -0.2) is 25.9 Å². The molecule has 0 aliphatic rings. The monoisotopic (exact) mass is 407 g/mol. The molecule has 0 spiro atoms. The predicted molar refractivity (Wildman–Crippen MR) is 117 cm³/mol. The molecule has 0 atom stereocenters. The molecule has 0 saturated carbocycles. The molecule has 0 amide bonds. The van der Waals surface area contributed by atoms with Crippen molar-refractivity contribution < 1.29 is 0 Å². The second kappa shape index (κ2) is 8.49. The van der Waals surface area contributed by atoms with Gasteiger partial charge in [0.25, 0.3) is 5.56 Å². The van der Waals surface area contributed by atoms with Crippen molar-refractivity contribution >= 4 is 28.3 Å². The van der Waals surface area contributed by atoms with Crippen molar-refractivity contribution in [2.45, 2.75) is 19.4 Å². The molecule has 0 fully saturated rings. The van der Waals surface area contributed by atoms with Crippen molar-refractivity contribution in [3.8, 4) is 0 Å². The molecule has 0 radical (unpaired) electrons. The highest BCUT2D eigenvalue weighted by Crippen LogP contribution is 2.17. The van der Waals surface area contributed by atoms with Gasteiger partial charge in [-0.25, -0.2) is 9.67 Å². The number of para-hydroxylation sites is 2. The smallest absolute Gasteiger partial charge is 0.287 e. The van der Waals surface area contributed by atoms with Crippen LogP contribution in [0.2, 0.25) is 5.02 Å². The van der Waals surface area contributed by atoms with Gasteiger partial charge in [-0.05, 0) is 24.1 Å². The molecular weight excluding hydrogens is 386 g/mol. The molecule has 7 heteroatoms. The van der Waals surface area contributed by atoms with Crippen LogP contribution in [-0.2, 0) is 20.0 Å². The second-order valence-electron chi connectivity index (χ2n) is 6.93. The van der Waals surface area contributed by atoms with E-state index in [1.165, 1.54) is 4.68 Å². The van der Waals surface area contributed by atoms with Crippen LogP contribution in [0.1, 0.15) is 17.8 Å². The molecule has 0 bridgehead atoms. The van der Waals surface area contributed by atoms with Crippen molar-refractivity contribution in [2.24, 2.45) is 7.05 Å². The average molecular weight is 408 g/mol. The molecule has 0 aliphatic heterocycles. The lowest BCUT2D eigenvalue weighted by atomic mass is 10.2. The van der Waals surface area contributed by atoms with E-state index in [9.17, 15) is 4.79 Å². The summed E-state index contributed by atoms with van der Waals surface area (Å²) < 4.78 is 3.50. The number of nitrogens with one attached hydrogen (secondary N) is 1. The predicted octanol–water partition coefficient (Wildman–Crippen LogP) is 3.88. The zero-order valence-corrected chi connectivity index (χ0v) is 16.9. The number of fused-ring (bicyclic) bond motifs is 1. The largest absolute Gasteiger partial charge is 0.382 e. The zero-order chi connectivity index (χ0) is 20.2. The number of hydrogen-bond acceptors (Lipinski definition) is 4. The van der Waals surface area contributed by atoms with E-state index in [2.05, 4.69) is 26.0 Å². The SMILES string of the molecule is Cn1c(CCCNc2cnn(Cc3ccccc3)c(=O)c2Cl)nc2ccccc21. The van der Waals surface area contributed by atoms with Gasteiger partial charge >= 0.3 is 0 Å². The molecule has 6 nitrogen and oxygen atoms in total. The average Bonchev–Trinajstić information content (AvgIpc) is 3.07. The van der Waals surface area contributed by atoms with E-state index in [1.54, 1.807) is 6.20 Å². The van der Waals surface area contributed by atoms with E-state index in [0.29, 0.717) is 18.8 Å². The number of aryl methyl sites for hydroxylation is 2. The summed E-state index contributed by atoms with van der Waals surface area (Å²) in [5.41, 5.74) is 3.40. The number of benzene rings is 2. The van der Waals surface area contributed by atoms with Crippen molar-refractivity contribution in [1.29, 1.82) is 0 Å². The van der Waals surface area contributed by atoms with Gasteiger partial charge in [-0.15, -0.1) is 0 Å². The fourth-order valence-electron chi connectivity index (χ4n) is 3.35. The Kier molecular flexibility index (Phi) is 5.62. The van der Waals surface area contributed by atoms with E-state index in [1.807, 2.05) is 55.6 Å². The van der Waals surface area contributed by atoms with Gasteiger partial charge in [-0.1, -0.05) is 54.1 Å². The highest BCUT2D eigenvalue weighted by atomic mass is 35.5. The van der Waals surface area contributed by atoms with Gasteiger partial charge in [-0.3, -0.25) is 4.79 Å². The number of rotatable bonds is 7. The molecule has 29 heavy (non-hydrogen) atoms. The number of nitrogens with zero attached hydrogens (tertiary/aromatic N) is 4. The first-order chi connectivity index (χ1) is 14.1. The maximum atomic E-state index is 12.5. The van der Waals surface area contributed by atoms with Crippen LogP contribution in [0.3, 0.4) is 0 Å². The van der Waals surface area contributed by atoms with Crippen LogP contribution < -0.4 is 10.9 Å². The number of anilines is 1. The third-order valence-electron chi connectivity index (χ3n) is 4.93. The van der Waals surface area contributed by atoms with Gasteiger partial charge in [0.05, 0.1) is 29.5 Å². The van der Waals surface area contributed by atoms with Gasteiger partial charge in [0.1, 0.15) is 10.8 Å². The molecule has 0 aliphatic carbocycles. The maximum Gasteiger partial charge on any atom is 0.287 e. The topological polar surface area (TPSA) is 64.7 Å². The molecule has 4 rings (SSSR count). The first kappa shape index (κ1) is 19.2. The third-order valence-corrected chi connectivity index (χ3v) is 5.30. The normalized spacial score (nSPS) is 11.1. The van der Waals surface area contributed by atoms with Crippen molar-refractivity contribution in [3.05, 3.63) is 87.6 Å². The van der Waals surface area contributed by atoms with Crippen molar-refractivity contribution in [2.75, 3.05) is 11.9 Å². The number of hydrogen-bond donors (Lipinski definition) is 1. The summed E-state index contributed by atoms with van der Waals surface area (Å²) >= 11 is 6.29. The lowest BCUT2D eigenvalue weighted by Gasteiger charge is -2.10. The van der Waals surface area contributed by atoms with Crippen LogP contribution in [0.5, 0.6) is 0 Å². The Morgan fingerprint density at radius 3 is 2.62 bits per heavy atom. The third kappa shape index (κ3) is 4.17. The summed E-state index contributed by atoms with van der Waals surface area (Å²) in [6.07, 6.45) is 3.30. The molecule has 2 aromatic heterocycles. The van der Waals surface area contributed by atoms with Gasteiger partial charge in [0, 0.05) is 20.0 Å². The van der Waals surface area contributed by atoms with Crippen LogP contribution in [0.15, 0.2) is 65.6 Å². The molecule has 1 N–H and O–H groups in total. The number of halogens is 1. The quantitative estimate of drug-likeness (QED) is 0.472. The Balaban J connectivity index is 1.37. The molecule has 0 saturated heterocycles. The first-order valence-corrected chi connectivity index (χ1v) is 9.95. The van der Waals surface area contributed by atoms with Crippen LogP contribution in [0, 0.1) is 0 Å². The fraction of sp³-hybridized carbons (Fsp3) is 0.227. The Hall–Kier alpha value is -3.12. The minimum Gasteiger partial charge on any atom is -0.382 e. The van der Waals surface area contributed by atoms with Gasteiger partial charge in [0.2, 0.25) is 0 Å². The summed E-state index contributed by atoms with van der Waals surface area (Å²) in [4.78, 5) is 17.2. The summed E-state index contributed by atoms with van der Waals surface area (Å²) in [6.45, 7) is 1.07. The summed E-state index contributed by atoms with van der Waals surface area (Å²) in [7, 11) is 2.03. The van der Waals surface area contributed by atoms with E-state index < -0.39 is 0 Å².